The lowest BCUT2D eigenvalue weighted by Gasteiger charge is -2.34. The maximum Gasteiger partial charge on any atom is 0.233 e. The summed E-state index contributed by atoms with van der Waals surface area (Å²) in [6.45, 7) is 3.16. The fourth-order valence-corrected chi connectivity index (χ4v) is 5.18. The molecule has 0 unspecified atom stereocenters. The van der Waals surface area contributed by atoms with Crippen molar-refractivity contribution in [2.45, 2.75) is 24.5 Å². The fraction of sp³-hybridized carbons (Fsp3) is 0.375. The number of imidazole rings is 1. The number of piperazine rings is 1. The summed E-state index contributed by atoms with van der Waals surface area (Å²) in [4.78, 5) is 33.7. The Morgan fingerprint density at radius 3 is 2.44 bits per heavy atom. The third-order valence-corrected chi connectivity index (χ3v) is 7.25. The van der Waals surface area contributed by atoms with Crippen molar-refractivity contribution in [1.29, 1.82) is 0 Å². The second kappa shape index (κ2) is 9.16. The molecule has 0 N–H and O–H groups in total. The van der Waals surface area contributed by atoms with E-state index in [2.05, 4.69) is 16.7 Å². The van der Waals surface area contributed by atoms with E-state index < -0.39 is 0 Å². The highest BCUT2D eigenvalue weighted by Crippen LogP contribution is 2.31. The Morgan fingerprint density at radius 1 is 1.00 bits per heavy atom. The van der Waals surface area contributed by atoms with Gasteiger partial charge in [-0.3, -0.25) is 9.59 Å². The van der Waals surface area contributed by atoms with E-state index in [1.807, 2.05) is 46.2 Å². The Hall–Kier alpha value is -2.51. The highest BCUT2D eigenvalue weighted by Gasteiger charge is 2.35. The molecular formula is C24H25ClN4O2S. The molecule has 0 bridgehead atoms. The van der Waals surface area contributed by atoms with Crippen molar-refractivity contribution < 1.29 is 9.59 Å². The number of hydrogen-bond acceptors (Lipinski definition) is 4. The highest BCUT2D eigenvalue weighted by molar-refractivity contribution is 7.99. The molecule has 1 aromatic heterocycles. The number of fused-ring (bicyclic) bond motifs is 1. The minimum atomic E-state index is 0.0878. The van der Waals surface area contributed by atoms with E-state index in [1.165, 1.54) is 17.3 Å². The Bertz CT molecular complexity index is 1140. The minimum Gasteiger partial charge on any atom is -0.339 e. The third-order valence-electron chi connectivity index (χ3n) is 6.05. The second-order valence-electron chi connectivity index (χ2n) is 8.37. The predicted octanol–water partition coefficient (Wildman–Crippen LogP) is 3.91. The third kappa shape index (κ3) is 4.64. The van der Waals surface area contributed by atoms with E-state index in [9.17, 15) is 9.59 Å². The fourth-order valence-electron chi connectivity index (χ4n) is 4.09. The molecule has 1 aliphatic heterocycles. The quantitative estimate of drug-likeness (QED) is 0.515. The van der Waals surface area contributed by atoms with Crippen molar-refractivity contribution in [3.8, 4) is 0 Å². The van der Waals surface area contributed by atoms with Crippen LogP contribution >= 0.6 is 23.4 Å². The van der Waals surface area contributed by atoms with Gasteiger partial charge in [-0.05, 0) is 36.6 Å². The summed E-state index contributed by atoms with van der Waals surface area (Å²) in [7, 11) is 0. The van der Waals surface area contributed by atoms with Crippen LogP contribution in [0.3, 0.4) is 0 Å². The molecule has 2 aliphatic rings. The monoisotopic (exact) mass is 468 g/mol. The number of aromatic nitrogens is 2. The molecule has 0 atom stereocenters. The molecule has 5 rings (SSSR count). The number of hydrogen-bond donors (Lipinski definition) is 0. The molecule has 1 saturated carbocycles. The highest BCUT2D eigenvalue weighted by atomic mass is 35.5. The van der Waals surface area contributed by atoms with E-state index in [0.29, 0.717) is 43.5 Å². The first-order valence-corrected chi connectivity index (χ1v) is 12.3. The smallest absolute Gasteiger partial charge is 0.233 e. The SMILES string of the molecule is O=C(CSc1nc2cc(Cl)ccc2n1Cc1ccccc1)N1CCN(C(=O)C2CC2)CC1. The molecule has 166 valence electrons. The van der Waals surface area contributed by atoms with Crippen LogP contribution < -0.4 is 0 Å². The summed E-state index contributed by atoms with van der Waals surface area (Å²) in [5.74, 6) is 0.908. The molecule has 1 saturated heterocycles. The molecule has 6 nitrogen and oxygen atoms in total. The van der Waals surface area contributed by atoms with Crippen LogP contribution in [0, 0.1) is 5.92 Å². The number of nitrogens with zero attached hydrogens (tertiary/aromatic N) is 4. The molecule has 2 heterocycles. The molecule has 3 aromatic rings. The molecule has 8 heteroatoms. The van der Waals surface area contributed by atoms with Crippen LogP contribution in [-0.4, -0.2) is 63.1 Å². The molecule has 0 spiro atoms. The van der Waals surface area contributed by atoms with Crippen molar-refractivity contribution in [3.05, 3.63) is 59.1 Å². The van der Waals surface area contributed by atoms with Crippen molar-refractivity contribution in [2.75, 3.05) is 31.9 Å². The van der Waals surface area contributed by atoms with Gasteiger partial charge in [-0.15, -0.1) is 0 Å². The van der Waals surface area contributed by atoms with Gasteiger partial charge in [-0.1, -0.05) is 53.7 Å². The Labute approximate surface area is 196 Å². The zero-order valence-electron chi connectivity index (χ0n) is 17.7. The molecule has 2 fully saturated rings. The maximum atomic E-state index is 12.9. The van der Waals surface area contributed by atoms with Crippen LogP contribution in [0.15, 0.2) is 53.7 Å². The van der Waals surface area contributed by atoms with Gasteiger partial charge in [0.05, 0.1) is 23.3 Å². The predicted molar refractivity (Wildman–Crippen MR) is 127 cm³/mol. The standard InChI is InChI=1S/C24H25ClN4O2S/c25-19-8-9-21-20(14-19)26-24(29(21)15-17-4-2-1-3-5-17)32-16-22(30)27-10-12-28(13-11-27)23(31)18-6-7-18/h1-5,8-9,14,18H,6-7,10-13,15-16H2. The molecule has 1 aliphatic carbocycles. The summed E-state index contributed by atoms with van der Waals surface area (Å²) >= 11 is 7.64. The summed E-state index contributed by atoms with van der Waals surface area (Å²) in [5.41, 5.74) is 3.00. The number of rotatable bonds is 6. The maximum absolute atomic E-state index is 12.9. The van der Waals surface area contributed by atoms with E-state index in [4.69, 9.17) is 16.6 Å². The molecule has 0 radical (unpaired) electrons. The van der Waals surface area contributed by atoms with Crippen LogP contribution in [0.4, 0.5) is 0 Å². The zero-order chi connectivity index (χ0) is 22.1. The lowest BCUT2D eigenvalue weighted by molar-refractivity contribution is -0.139. The van der Waals surface area contributed by atoms with Crippen molar-refractivity contribution >= 4 is 46.2 Å². The Morgan fingerprint density at radius 2 is 1.72 bits per heavy atom. The van der Waals surface area contributed by atoms with E-state index in [0.717, 1.165) is 29.0 Å². The molecule has 32 heavy (non-hydrogen) atoms. The number of halogens is 1. The second-order valence-corrected chi connectivity index (χ2v) is 9.75. The van der Waals surface area contributed by atoms with Crippen LogP contribution in [0.25, 0.3) is 11.0 Å². The topological polar surface area (TPSA) is 58.4 Å². The lowest BCUT2D eigenvalue weighted by Crippen LogP contribution is -2.51. The molecule has 2 amide bonds. The van der Waals surface area contributed by atoms with Crippen molar-refractivity contribution in [1.82, 2.24) is 19.4 Å². The van der Waals surface area contributed by atoms with E-state index >= 15 is 0 Å². The summed E-state index contributed by atoms with van der Waals surface area (Å²) in [6.07, 6.45) is 2.04. The van der Waals surface area contributed by atoms with Crippen LogP contribution in [0.5, 0.6) is 0 Å². The Kier molecular flexibility index (Phi) is 6.11. The van der Waals surface area contributed by atoms with Gasteiger partial charge in [0.15, 0.2) is 5.16 Å². The first-order chi connectivity index (χ1) is 15.6. The first kappa shape index (κ1) is 21.3. The average Bonchev–Trinajstić information content (AvgIpc) is 3.61. The van der Waals surface area contributed by atoms with Gasteiger partial charge in [0.1, 0.15) is 0 Å². The van der Waals surface area contributed by atoms with Crippen LogP contribution in [0.1, 0.15) is 18.4 Å². The molecule has 2 aromatic carbocycles. The van der Waals surface area contributed by atoms with Gasteiger partial charge in [0.25, 0.3) is 0 Å². The van der Waals surface area contributed by atoms with Gasteiger partial charge in [-0.25, -0.2) is 4.98 Å². The van der Waals surface area contributed by atoms with Crippen molar-refractivity contribution in [3.63, 3.8) is 0 Å². The lowest BCUT2D eigenvalue weighted by atomic mass is 10.2. The van der Waals surface area contributed by atoms with E-state index in [1.54, 1.807) is 0 Å². The number of benzene rings is 2. The molecular weight excluding hydrogens is 444 g/mol. The number of carbonyl (C=O) groups excluding carboxylic acids is 2. The largest absolute Gasteiger partial charge is 0.339 e. The van der Waals surface area contributed by atoms with Gasteiger partial charge < -0.3 is 14.4 Å². The van der Waals surface area contributed by atoms with Crippen LogP contribution in [-0.2, 0) is 16.1 Å². The van der Waals surface area contributed by atoms with Gasteiger partial charge in [0, 0.05) is 37.1 Å². The number of amides is 2. The van der Waals surface area contributed by atoms with Crippen molar-refractivity contribution in [2.24, 2.45) is 5.92 Å². The van der Waals surface area contributed by atoms with Crippen LogP contribution in [0.2, 0.25) is 5.02 Å². The average molecular weight is 469 g/mol. The summed E-state index contributed by atoms with van der Waals surface area (Å²) < 4.78 is 2.14. The minimum absolute atomic E-state index is 0.0878. The normalized spacial score (nSPS) is 16.5. The van der Waals surface area contributed by atoms with Gasteiger partial charge >= 0.3 is 0 Å². The number of thioether (sulfide) groups is 1. The summed E-state index contributed by atoms with van der Waals surface area (Å²) in [6, 6.07) is 15.9. The zero-order valence-corrected chi connectivity index (χ0v) is 19.3. The van der Waals surface area contributed by atoms with Gasteiger partial charge in [0.2, 0.25) is 11.8 Å². The van der Waals surface area contributed by atoms with Gasteiger partial charge in [-0.2, -0.15) is 0 Å². The number of carbonyl (C=O) groups is 2. The summed E-state index contributed by atoms with van der Waals surface area (Å²) in [5, 5.41) is 1.45. The Balaban J connectivity index is 1.27. The first-order valence-electron chi connectivity index (χ1n) is 11.0. The van der Waals surface area contributed by atoms with E-state index in [-0.39, 0.29) is 17.7 Å².